The SMILES string of the molecule is N[C@@H](c1ccccc1)[C@@H](NS(=O)(=O)C(F)(F)F)c1ccccc1.[Ru].c1ccccc1. The summed E-state index contributed by atoms with van der Waals surface area (Å²) in [6.45, 7) is 0. The van der Waals surface area contributed by atoms with Gasteiger partial charge in [-0.15, -0.1) is 0 Å². The topological polar surface area (TPSA) is 72.2 Å². The molecule has 0 aliphatic rings. The predicted octanol–water partition coefficient (Wildman–Crippen LogP) is 4.55. The van der Waals surface area contributed by atoms with Gasteiger partial charge in [-0.05, 0) is 11.1 Å². The zero-order chi connectivity index (χ0) is 21.3. The molecule has 3 aromatic carbocycles. The Morgan fingerprint density at radius 2 is 1.03 bits per heavy atom. The van der Waals surface area contributed by atoms with Gasteiger partial charge >= 0.3 is 15.5 Å². The van der Waals surface area contributed by atoms with Gasteiger partial charge in [0.2, 0.25) is 0 Å². The quantitative estimate of drug-likeness (QED) is 0.482. The molecule has 0 bridgehead atoms. The molecule has 0 aliphatic heterocycles. The first-order chi connectivity index (χ1) is 13.7. The Morgan fingerprint density at radius 3 is 1.40 bits per heavy atom. The number of alkyl halides is 3. The average molecular weight is 524 g/mol. The molecule has 0 aliphatic carbocycles. The molecule has 0 saturated carbocycles. The van der Waals surface area contributed by atoms with Crippen LogP contribution in [0, 0.1) is 0 Å². The van der Waals surface area contributed by atoms with Crippen LogP contribution in [0.15, 0.2) is 97.1 Å². The van der Waals surface area contributed by atoms with Gasteiger partial charge in [0.15, 0.2) is 0 Å². The van der Waals surface area contributed by atoms with Crippen LogP contribution in [0.4, 0.5) is 13.2 Å². The maximum atomic E-state index is 12.7. The van der Waals surface area contributed by atoms with Gasteiger partial charge in [-0.2, -0.15) is 17.9 Å². The summed E-state index contributed by atoms with van der Waals surface area (Å²) in [6.07, 6.45) is 0. The molecule has 0 radical (unpaired) electrons. The first kappa shape index (κ1) is 26.0. The summed E-state index contributed by atoms with van der Waals surface area (Å²) in [5, 5.41) is 0. The Morgan fingerprint density at radius 1 is 0.700 bits per heavy atom. The van der Waals surface area contributed by atoms with E-state index in [2.05, 4.69) is 0 Å². The van der Waals surface area contributed by atoms with Crippen molar-refractivity contribution < 1.29 is 41.1 Å². The Balaban J connectivity index is 0.000000552. The largest absolute Gasteiger partial charge is 0.511 e. The van der Waals surface area contributed by atoms with Gasteiger partial charge in [0.1, 0.15) is 0 Å². The van der Waals surface area contributed by atoms with Crippen molar-refractivity contribution >= 4 is 10.0 Å². The number of sulfonamides is 1. The van der Waals surface area contributed by atoms with E-state index in [9.17, 15) is 21.6 Å². The summed E-state index contributed by atoms with van der Waals surface area (Å²) >= 11 is 0. The van der Waals surface area contributed by atoms with Crippen LogP contribution in [-0.4, -0.2) is 13.9 Å². The van der Waals surface area contributed by atoms with E-state index >= 15 is 0 Å². The zero-order valence-electron chi connectivity index (χ0n) is 15.7. The number of halogens is 3. The van der Waals surface area contributed by atoms with Crippen molar-refractivity contribution in [3.8, 4) is 0 Å². The summed E-state index contributed by atoms with van der Waals surface area (Å²) in [5.41, 5.74) is 1.48. The van der Waals surface area contributed by atoms with E-state index in [1.807, 2.05) is 36.4 Å². The Hall–Kier alpha value is -2.06. The standard InChI is InChI=1S/C15H15F3N2O2S.C6H6.Ru/c16-15(17,18)23(21,22)20-14(12-9-5-2-6-10-12)13(19)11-7-3-1-4-8-11;1-2-4-6-5-3-1;/h1-10,13-14,20H,19H2;1-6H;/t13-,14-;;/m0../s1. The molecule has 0 unspecified atom stereocenters. The summed E-state index contributed by atoms with van der Waals surface area (Å²) in [6, 6.07) is 26.0. The van der Waals surface area contributed by atoms with Gasteiger partial charge in [-0.1, -0.05) is 97.1 Å². The maximum absolute atomic E-state index is 12.7. The molecule has 0 amide bonds. The molecule has 0 aromatic heterocycles. The number of rotatable bonds is 5. The monoisotopic (exact) mass is 524 g/mol. The Labute approximate surface area is 187 Å². The van der Waals surface area contributed by atoms with Crippen LogP contribution in [0.1, 0.15) is 23.2 Å². The van der Waals surface area contributed by atoms with E-state index in [0.717, 1.165) is 0 Å². The average Bonchev–Trinajstić information content (AvgIpc) is 2.74. The Kier molecular flexibility index (Phi) is 10.4. The fourth-order valence-corrected chi connectivity index (χ4v) is 3.25. The number of nitrogens with one attached hydrogen (secondary N) is 1. The van der Waals surface area contributed by atoms with E-state index in [4.69, 9.17) is 5.73 Å². The fraction of sp³-hybridized carbons (Fsp3) is 0.143. The van der Waals surface area contributed by atoms with E-state index in [0.29, 0.717) is 11.1 Å². The third kappa shape index (κ3) is 7.65. The van der Waals surface area contributed by atoms with Gasteiger partial charge in [0.05, 0.1) is 12.1 Å². The molecule has 3 aromatic rings. The zero-order valence-corrected chi connectivity index (χ0v) is 18.2. The minimum Gasteiger partial charge on any atom is -0.322 e. The first-order valence-electron chi connectivity index (χ1n) is 8.66. The van der Waals surface area contributed by atoms with Crippen LogP contribution in [-0.2, 0) is 29.5 Å². The van der Waals surface area contributed by atoms with E-state index in [1.165, 1.54) is 12.1 Å². The summed E-state index contributed by atoms with van der Waals surface area (Å²) in [5.74, 6) is 0. The van der Waals surface area contributed by atoms with E-state index in [-0.39, 0.29) is 19.5 Å². The molecular weight excluding hydrogens is 502 g/mol. The van der Waals surface area contributed by atoms with Crippen molar-refractivity contribution in [3.05, 3.63) is 108 Å². The van der Waals surface area contributed by atoms with Crippen molar-refractivity contribution in [2.45, 2.75) is 17.6 Å². The predicted molar refractivity (Wildman–Crippen MR) is 107 cm³/mol. The molecular formula is C21H21F3N2O2RuS. The molecule has 0 saturated heterocycles. The molecule has 0 heterocycles. The van der Waals surface area contributed by atoms with Crippen molar-refractivity contribution in [2.75, 3.05) is 0 Å². The van der Waals surface area contributed by atoms with Crippen LogP contribution < -0.4 is 10.5 Å². The molecule has 3 rings (SSSR count). The molecule has 0 fully saturated rings. The smallest absolute Gasteiger partial charge is 0.322 e. The van der Waals surface area contributed by atoms with Gasteiger partial charge < -0.3 is 5.73 Å². The van der Waals surface area contributed by atoms with Crippen molar-refractivity contribution in [1.82, 2.24) is 4.72 Å². The van der Waals surface area contributed by atoms with Crippen molar-refractivity contribution in [2.24, 2.45) is 5.73 Å². The second-order valence-corrected chi connectivity index (χ2v) is 7.75. The first-order valence-corrected chi connectivity index (χ1v) is 10.1. The summed E-state index contributed by atoms with van der Waals surface area (Å²) < 4.78 is 62.7. The van der Waals surface area contributed by atoms with Crippen LogP contribution in [0.3, 0.4) is 0 Å². The molecule has 0 spiro atoms. The third-order valence-electron chi connectivity index (χ3n) is 3.96. The molecule has 162 valence electrons. The second-order valence-electron chi connectivity index (χ2n) is 6.05. The number of nitrogens with two attached hydrogens (primary N) is 1. The van der Waals surface area contributed by atoms with Crippen molar-refractivity contribution in [3.63, 3.8) is 0 Å². The maximum Gasteiger partial charge on any atom is 0.511 e. The molecule has 3 N–H and O–H groups in total. The minimum absolute atomic E-state index is 0. The van der Waals surface area contributed by atoms with Gasteiger partial charge in [-0.25, -0.2) is 8.42 Å². The van der Waals surface area contributed by atoms with Gasteiger partial charge in [-0.3, -0.25) is 0 Å². The third-order valence-corrected chi connectivity index (χ3v) is 5.13. The number of benzene rings is 3. The summed E-state index contributed by atoms with van der Waals surface area (Å²) in [7, 11) is -5.53. The van der Waals surface area contributed by atoms with E-state index < -0.39 is 27.6 Å². The second kappa shape index (κ2) is 12.0. The Bertz CT molecular complexity index is 931. The van der Waals surface area contributed by atoms with Crippen LogP contribution >= 0.6 is 0 Å². The number of hydrogen-bond donors (Lipinski definition) is 2. The van der Waals surface area contributed by atoms with Crippen LogP contribution in [0.25, 0.3) is 0 Å². The van der Waals surface area contributed by atoms with Gasteiger partial charge in [0, 0.05) is 19.5 Å². The minimum atomic E-state index is -5.53. The van der Waals surface area contributed by atoms with Gasteiger partial charge in [0.25, 0.3) is 0 Å². The normalized spacial score (nSPS) is 13.2. The van der Waals surface area contributed by atoms with Crippen LogP contribution in [0.5, 0.6) is 0 Å². The van der Waals surface area contributed by atoms with E-state index in [1.54, 1.807) is 53.3 Å². The van der Waals surface area contributed by atoms with Crippen LogP contribution in [0.2, 0.25) is 0 Å². The van der Waals surface area contributed by atoms with Crippen molar-refractivity contribution in [1.29, 1.82) is 0 Å². The molecule has 2 atom stereocenters. The molecule has 30 heavy (non-hydrogen) atoms. The molecule has 9 heteroatoms. The summed E-state index contributed by atoms with van der Waals surface area (Å²) in [4.78, 5) is 0. The fourth-order valence-electron chi connectivity index (χ4n) is 2.50. The number of hydrogen-bond acceptors (Lipinski definition) is 3. The molecule has 4 nitrogen and oxygen atoms in total.